The van der Waals surface area contributed by atoms with Gasteiger partial charge in [0, 0.05) is 23.5 Å². The molecule has 3 aromatic rings. The quantitative estimate of drug-likeness (QED) is 0.553. The van der Waals surface area contributed by atoms with E-state index in [1.165, 1.54) is 29.0 Å². The maximum atomic E-state index is 13.0. The van der Waals surface area contributed by atoms with Crippen molar-refractivity contribution in [1.29, 1.82) is 0 Å². The van der Waals surface area contributed by atoms with E-state index in [2.05, 4.69) is 16.6 Å². The Morgan fingerprint density at radius 2 is 1.83 bits per heavy atom. The first-order chi connectivity index (χ1) is 13.7. The highest BCUT2D eigenvalue weighted by molar-refractivity contribution is 5.97. The van der Waals surface area contributed by atoms with Gasteiger partial charge in [0.2, 0.25) is 0 Å². The summed E-state index contributed by atoms with van der Waals surface area (Å²) >= 11 is 0. The van der Waals surface area contributed by atoms with Crippen LogP contribution in [0.4, 0.5) is 13.2 Å². The van der Waals surface area contributed by atoms with Crippen molar-refractivity contribution in [2.24, 2.45) is 4.99 Å². The second-order valence-corrected chi connectivity index (χ2v) is 6.41. The van der Waals surface area contributed by atoms with E-state index in [-0.39, 0.29) is 11.1 Å². The van der Waals surface area contributed by atoms with Crippen molar-refractivity contribution >= 4 is 28.0 Å². The lowest BCUT2D eigenvalue weighted by Gasteiger charge is -2.13. The summed E-state index contributed by atoms with van der Waals surface area (Å²) in [6.45, 7) is 7.09. The molecule has 1 aromatic carbocycles. The Kier molecular flexibility index (Phi) is 5.50. The zero-order valence-corrected chi connectivity index (χ0v) is 15.9. The fourth-order valence-corrected chi connectivity index (χ4v) is 2.80. The Bertz CT molecular complexity index is 1190. The number of rotatable bonds is 4. The topological polar surface area (TPSA) is 47.2 Å². The van der Waals surface area contributed by atoms with Gasteiger partial charge in [0.1, 0.15) is 11.3 Å². The first-order valence-electron chi connectivity index (χ1n) is 8.75. The number of pyridine rings is 2. The van der Waals surface area contributed by atoms with E-state index >= 15 is 0 Å². The van der Waals surface area contributed by atoms with Crippen LogP contribution >= 0.6 is 0 Å². The molecule has 29 heavy (non-hydrogen) atoms. The molecule has 2 heterocycles. The lowest BCUT2D eigenvalue weighted by molar-refractivity contribution is -0.137. The predicted octanol–water partition coefficient (Wildman–Crippen LogP) is 5.41. The summed E-state index contributed by atoms with van der Waals surface area (Å²) in [6, 6.07) is 9.98. The number of fused-ring (bicyclic) bond motifs is 1. The summed E-state index contributed by atoms with van der Waals surface area (Å²) in [5.41, 5.74) is 0.774. The Morgan fingerprint density at radius 1 is 1.14 bits per heavy atom. The van der Waals surface area contributed by atoms with Crippen molar-refractivity contribution in [2.45, 2.75) is 20.0 Å². The third kappa shape index (κ3) is 4.18. The average Bonchev–Trinajstić information content (AvgIpc) is 2.71. The summed E-state index contributed by atoms with van der Waals surface area (Å²) in [4.78, 5) is 21.6. The molecule has 0 spiro atoms. The van der Waals surface area contributed by atoms with Crippen molar-refractivity contribution in [1.82, 2.24) is 9.55 Å². The largest absolute Gasteiger partial charge is 0.416 e. The van der Waals surface area contributed by atoms with Gasteiger partial charge < -0.3 is 0 Å². The number of benzene rings is 1. The van der Waals surface area contributed by atoms with Crippen LogP contribution in [-0.2, 0) is 6.18 Å². The molecule has 0 unspecified atom stereocenters. The number of aromatic nitrogens is 2. The number of aliphatic imine (C=N–C) groups is 1. The minimum Gasteiger partial charge on any atom is -0.266 e. The lowest BCUT2D eigenvalue weighted by Crippen LogP contribution is -2.20. The molecule has 0 atom stereocenters. The zero-order valence-electron chi connectivity index (χ0n) is 15.9. The van der Waals surface area contributed by atoms with Gasteiger partial charge in [-0.1, -0.05) is 24.8 Å². The second kappa shape index (κ2) is 7.87. The summed E-state index contributed by atoms with van der Waals surface area (Å²) in [6.07, 6.45) is 0.218. The van der Waals surface area contributed by atoms with E-state index in [1.807, 2.05) is 0 Å². The molecular weight excluding hydrogens is 379 g/mol. The van der Waals surface area contributed by atoms with Crippen LogP contribution in [0.3, 0.4) is 0 Å². The van der Waals surface area contributed by atoms with Crippen LogP contribution in [0.15, 0.2) is 77.3 Å². The Morgan fingerprint density at radius 3 is 2.45 bits per heavy atom. The molecule has 4 nitrogen and oxygen atoms in total. The maximum Gasteiger partial charge on any atom is 0.416 e. The van der Waals surface area contributed by atoms with Gasteiger partial charge in [0.25, 0.3) is 5.56 Å². The Balaban J connectivity index is 2.24. The van der Waals surface area contributed by atoms with E-state index in [0.717, 1.165) is 12.1 Å². The van der Waals surface area contributed by atoms with Gasteiger partial charge in [-0.25, -0.2) is 4.99 Å². The molecule has 2 aromatic heterocycles. The van der Waals surface area contributed by atoms with E-state index in [1.54, 1.807) is 38.2 Å². The molecule has 0 aliphatic rings. The Hall–Kier alpha value is -3.48. The number of hydrogen-bond donors (Lipinski definition) is 0. The van der Waals surface area contributed by atoms with Crippen molar-refractivity contribution in [3.05, 3.63) is 89.0 Å². The van der Waals surface area contributed by atoms with Crippen LogP contribution in [-0.4, -0.2) is 15.3 Å². The van der Waals surface area contributed by atoms with Gasteiger partial charge in [-0.2, -0.15) is 13.2 Å². The molecule has 148 valence electrons. The summed E-state index contributed by atoms with van der Waals surface area (Å²) in [5.74, 6) is 0.291. The highest BCUT2D eigenvalue weighted by Crippen LogP contribution is 2.31. The lowest BCUT2D eigenvalue weighted by atomic mass is 10.0. The van der Waals surface area contributed by atoms with Crippen LogP contribution in [0.2, 0.25) is 0 Å². The van der Waals surface area contributed by atoms with Gasteiger partial charge in [-0.15, -0.1) is 0 Å². The smallest absolute Gasteiger partial charge is 0.266 e. The van der Waals surface area contributed by atoms with Gasteiger partial charge in [0.05, 0.1) is 5.56 Å². The van der Waals surface area contributed by atoms with Crippen LogP contribution in [0.5, 0.6) is 0 Å². The third-order valence-corrected chi connectivity index (χ3v) is 4.45. The van der Waals surface area contributed by atoms with Gasteiger partial charge in [0.15, 0.2) is 0 Å². The molecule has 0 aliphatic heterocycles. The molecule has 7 heteroatoms. The summed E-state index contributed by atoms with van der Waals surface area (Å²) in [7, 11) is 0. The molecule has 0 saturated heterocycles. The third-order valence-electron chi connectivity index (χ3n) is 4.45. The molecule has 0 amide bonds. The summed E-state index contributed by atoms with van der Waals surface area (Å²) < 4.78 is 39.9. The molecule has 0 bridgehead atoms. The van der Waals surface area contributed by atoms with E-state index in [4.69, 9.17) is 0 Å². The molecule has 3 rings (SSSR count). The van der Waals surface area contributed by atoms with Crippen molar-refractivity contribution in [3.8, 4) is 0 Å². The maximum absolute atomic E-state index is 13.0. The average molecular weight is 397 g/mol. The zero-order chi connectivity index (χ0) is 21.2. The van der Waals surface area contributed by atoms with E-state index < -0.39 is 11.7 Å². The number of hydrogen-bond acceptors (Lipinski definition) is 3. The number of halogens is 3. The standard InChI is InChI=1S/C22H18F3N3O/c1-4-14(2)27-20(15(3)16-7-9-18(10-8-16)22(23,24)25)28-13-11-17-6-5-12-26-19(17)21(28)29/h4-13H,1H2,2-3H3/b20-15-,27-14+. The fourth-order valence-electron chi connectivity index (χ4n) is 2.80. The first-order valence-corrected chi connectivity index (χ1v) is 8.75. The fraction of sp³-hybridized carbons (Fsp3) is 0.136. The SMILES string of the molecule is C=C/C(C)=N/C(=C(\C)c1ccc(C(F)(F)F)cc1)n1ccc2cccnc2c1=O. The number of nitrogens with zero attached hydrogens (tertiary/aromatic N) is 3. The minimum atomic E-state index is -4.42. The monoisotopic (exact) mass is 397 g/mol. The van der Waals surface area contributed by atoms with Gasteiger partial charge >= 0.3 is 6.18 Å². The first kappa shape index (κ1) is 20.3. The second-order valence-electron chi connectivity index (χ2n) is 6.41. The normalized spacial score (nSPS) is 13.3. The van der Waals surface area contributed by atoms with Crippen LogP contribution in [0, 0.1) is 0 Å². The Labute approximate surface area is 165 Å². The minimum absolute atomic E-state index is 0.277. The molecule has 0 aliphatic carbocycles. The van der Waals surface area contributed by atoms with Crippen molar-refractivity contribution < 1.29 is 13.2 Å². The van der Waals surface area contributed by atoms with Crippen molar-refractivity contribution in [3.63, 3.8) is 0 Å². The molecule has 0 saturated carbocycles. The molecule has 0 radical (unpaired) electrons. The van der Waals surface area contributed by atoms with Gasteiger partial charge in [-0.3, -0.25) is 14.3 Å². The predicted molar refractivity (Wildman–Crippen MR) is 110 cm³/mol. The summed E-state index contributed by atoms with van der Waals surface area (Å²) in [5, 5.41) is 0.685. The molecular formula is C22H18F3N3O. The number of alkyl halides is 3. The highest BCUT2D eigenvalue weighted by Gasteiger charge is 2.30. The van der Waals surface area contributed by atoms with Crippen LogP contribution in [0.25, 0.3) is 22.3 Å². The highest BCUT2D eigenvalue weighted by atomic mass is 19.4. The van der Waals surface area contributed by atoms with E-state index in [9.17, 15) is 18.0 Å². The number of allylic oxidation sites excluding steroid dienone is 2. The van der Waals surface area contributed by atoms with Crippen LogP contribution in [0.1, 0.15) is 25.0 Å². The van der Waals surface area contributed by atoms with Crippen molar-refractivity contribution in [2.75, 3.05) is 0 Å². The van der Waals surface area contributed by atoms with Gasteiger partial charge in [-0.05, 0) is 55.3 Å². The van der Waals surface area contributed by atoms with Crippen LogP contribution < -0.4 is 5.56 Å². The molecule has 0 N–H and O–H groups in total. The molecule has 0 fully saturated rings. The van der Waals surface area contributed by atoms with E-state index in [0.29, 0.717) is 28.1 Å².